The van der Waals surface area contributed by atoms with E-state index in [1.807, 2.05) is 0 Å². The smallest absolute Gasteiger partial charge is 0.305 e. The Kier molecular flexibility index (Phi) is 2.24. The summed E-state index contributed by atoms with van der Waals surface area (Å²) in [6, 6.07) is 0. The maximum Gasteiger partial charge on any atom is 0.305 e. The maximum atomic E-state index is 12.1. The van der Waals surface area contributed by atoms with E-state index in [-0.39, 0.29) is 36.6 Å². The van der Waals surface area contributed by atoms with Gasteiger partial charge in [0, 0.05) is 6.54 Å². The first-order chi connectivity index (χ1) is 8.09. The van der Waals surface area contributed by atoms with Gasteiger partial charge in [0.2, 0.25) is 11.8 Å². The number of carbonyl (C=O) groups is 3. The van der Waals surface area contributed by atoms with Crippen molar-refractivity contribution in [2.45, 2.75) is 25.7 Å². The molecule has 0 aromatic heterocycles. The highest BCUT2D eigenvalue weighted by Gasteiger charge is 2.60. The number of fused-ring (bicyclic) bond motifs is 5. The number of carboxylic acid groups (broad SMARTS) is 1. The number of imide groups is 1. The molecule has 2 amide bonds. The fourth-order valence-electron chi connectivity index (χ4n) is 3.90. The summed E-state index contributed by atoms with van der Waals surface area (Å²) in [6.45, 7) is 0.0411. The number of hydrogen-bond acceptors (Lipinski definition) is 3. The largest absolute Gasteiger partial charge is 0.481 e. The minimum atomic E-state index is -0.967. The summed E-state index contributed by atoms with van der Waals surface area (Å²) >= 11 is 0. The number of nitrogens with zero attached hydrogens (tertiary/aromatic N) is 1. The molecule has 0 aromatic rings. The van der Waals surface area contributed by atoms with Crippen molar-refractivity contribution in [3.8, 4) is 0 Å². The molecule has 0 radical (unpaired) electrons. The number of likely N-dealkylation sites (tertiary alicyclic amines) is 1. The topological polar surface area (TPSA) is 74.7 Å². The van der Waals surface area contributed by atoms with Crippen LogP contribution in [0.1, 0.15) is 25.7 Å². The number of carbonyl (C=O) groups excluding carboxylic acids is 2. The molecule has 0 spiro atoms. The molecule has 1 N–H and O–H groups in total. The predicted molar refractivity (Wildman–Crippen MR) is 56.8 cm³/mol. The van der Waals surface area contributed by atoms with E-state index in [9.17, 15) is 14.4 Å². The Morgan fingerprint density at radius 2 is 1.71 bits per heavy atom. The first-order valence-electron chi connectivity index (χ1n) is 6.16. The quantitative estimate of drug-likeness (QED) is 0.725. The molecule has 2 saturated carbocycles. The van der Waals surface area contributed by atoms with E-state index >= 15 is 0 Å². The summed E-state index contributed by atoms with van der Waals surface area (Å²) in [6.07, 6.45) is 2.97. The van der Waals surface area contributed by atoms with Crippen molar-refractivity contribution >= 4 is 17.8 Å². The van der Waals surface area contributed by atoms with Gasteiger partial charge in [-0.15, -0.1) is 0 Å². The molecule has 3 aliphatic rings. The van der Waals surface area contributed by atoms with Crippen molar-refractivity contribution in [2.75, 3.05) is 6.54 Å². The molecule has 2 aliphatic carbocycles. The first-order valence-corrected chi connectivity index (χ1v) is 6.16. The minimum absolute atomic E-state index is 0.0411. The van der Waals surface area contributed by atoms with Crippen LogP contribution in [-0.2, 0) is 14.4 Å². The number of amides is 2. The van der Waals surface area contributed by atoms with Gasteiger partial charge in [0.05, 0.1) is 18.3 Å². The fraction of sp³-hybridized carbons (Fsp3) is 0.750. The van der Waals surface area contributed by atoms with Crippen molar-refractivity contribution in [2.24, 2.45) is 23.7 Å². The van der Waals surface area contributed by atoms with E-state index in [0.29, 0.717) is 11.8 Å². The summed E-state index contributed by atoms with van der Waals surface area (Å²) < 4.78 is 0. The van der Waals surface area contributed by atoms with Gasteiger partial charge in [-0.2, -0.15) is 0 Å². The average Bonchev–Trinajstić information content (AvgIpc) is 2.92. The van der Waals surface area contributed by atoms with Gasteiger partial charge >= 0.3 is 5.97 Å². The Hall–Kier alpha value is -1.39. The lowest BCUT2D eigenvalue weighted by atomic mass is 9.81. The van der Waals surface area contributed by atoms with Crippen molar-refractivity contribution in [1.82, 2.24) is 4.90 Å². The molecule has 1 saturated heterocycles. The normalized spacial score (nSPS) is 38.9. The van der Waals surface area contributed by atoms with Gasteiger partial charge < -0.3 is 5.11 Å². The van der Waals surface area contributed by atoms with Gasteiger partial charge in [-0.25, -0.2) is 0 Å². The standard InChI is InChI=1S/C12H15NO4/c14-8(15)3-4-13-11(16)9-6-1-2-7(5-6)10(9)12(13)17/h6-7,9-10H,1-5H2,(H,14,15)/t6-,7-,9-,10-/m1/s1. The average molecular weight is 237 g/mol. The van der Waals surface area contributed by atoms with E-state index in [0.717, 1.165) is 19.3 Å². The van der Waals surface area contributed by atoms with Crippen LogP contribution < -0.4 is 0 Å². The zero-order chi connectivity index (χ0) is 12.2. The fourth-order valence-corrected chi connectivity index (χ4v) is 3.90. The molecule has 5 nitrogen and oxygen atoms in total. The summed E-state index contributed by atoms with van der Waals surface area (Å²) in [5.74, 6) is -0.717. The summed E-state index contributed by atoms with van der Waals surface area (Å²) in [7, 11) is 0. The molecule has 0 unspecified atom stereocenters. The third kappa shape index (κ3) is 1.41. The second-order valence-corrected chi connectivity index (χ2v) is 5.36. The third-order valence-electron chi connectivity index (χ3n) is 4.57. The zero-order valence-electron chi connectivity index (χ0n) is 9.46. The van der Waals surface area contributed by atoms with Crippen molar-refractivity contribution in [1.29, 1.82) is 0 Å². The highest BCUT2D eigenvalue weighted by atomic mass is 16.4. The molecule has 3 fully saturated rings. The highest BCUT2D eigenvalue weighted by molar-refractivity contribution is 6.06. The molecule has 5 heteroatoms. The van der Waals surface area contributed by atoms with E-state index in [2.05, 4.69) is 0 Å². The predicted octanol–water partition coefficient (Wildman–Crippen LogP) is 0.492. The highest BCUT2D eigenvalue weighted by Crippen LogP contribution is 2.56. The van der Waals surface area contributed by atoms with Crippen molar-refractivity contribution in [3.63, 3.8) is 0 Å². The third-order valence-corrected chi connectivity index (χ3v) is 4.57. The van der Waals surface area contributed by atoms with Crippen LogP contribution in [-0.4, -0.2) is 34.3 Å². The number of rotatable bonds is 3. The van der Waals surface area contributed by atoms with Crippen molar-refractivity contribution in [3.05, 3.63) is 0 Å². The lowest BCUT2D eigenvalue weighted by Crippen LogP contribution is -2.34. The molecule has 0 aromatic carbocycles. The van der Waals surface area contributed by atoms with Crippen LogP contribution in [0.2, 0.25) is 0 Å². The zero-order valence-corrected chi connectivity index (χ0v) is 9.46. The summed E-state index contributed by atoms with van der Waals surface area (Å²) in [5.41, 5.74) is 0. The lowest BCUT2D eigenvalue weighted by Gasteiger charge is -2.19. The molecular weight excluding hydrogens is 222 g/mol. The van der Waals surface area contributed by atoms with Crippen LogP contribution in [0.5, 0.6) is 0 Å². The van der Waals surface area contributed by atoms with Gasteiger partial charge in [-0.05, 0) is 31.1 Å². The molecule has 1 aliphatic heterocycles. The first kappa shape index (κ1) is 10.7. The monoisotopic (exact) mass is 237 g/mol. The second-order valence-electron chi connectivity index (χ2n) is 5.36. The molecule has 92 valence electrons. The Morgan fingerprint density at radius 1 is 1.18 bits per heavy atom. The number of carboxylic acids is 1. The molecule has 1 heterocycles. The molecule has 2 bridgehead atoms. The molecule has 17 heavy (non-hydrogen) atoms. The summed E-state index contributed by atoms with van der Waals surface area (Å²) in [4.78, 5) is 35.9. The van der Waals surface area contributed by atoms with Gasteiger partial charge in [-0.3, -0.25) is 19.3 Å². The van der Waals surface area contributed by atoms with Gasteiger partial charge in [-0.1, -0.05) is 0 Å². The SMILES string of the molecule is O=C(O)CCN1C(=O)[C@@H]2[C@@H]3CC[C@H](C3)[C@H]2C1=O. The number of hydrogen-bond donors (Lipinski definition) is 1. The van der Waals surface area contributed by atoms with Gasteiger partial charge in [0.1, 0.15) is 0 Å². The van der Waals surface area contributed by atoms with E-state index in [1.54, 1.807) is 0 Å². The minimum Gasteiger partial charge on any atom is -0.481 e. The Labute approximate surface area is 98.8 Å². The van der Waals surface area contributed by atoms with Crippen LogP contribution in [0.4, 0.5) is 0 Å². The molecule has 4 atom stereocenters. The maximum absolute atomic E-state index is 12.1. The molecular formula is C12H15NO4. The number of aliphatic carboxylic acids is 1. The van der Waals surface area contributed by atoms with Gasteiger partial charge in [0.25, 0.3) is 0 Å². The summed E-state index contributed by atoms with van der Waals surface area (Å²) in [5, 5.41) is 8.62. The van der Waals surface area contributed by atoms with Crippen LogP contribution in [0.15, 0.2) is 0 Å². The lowest BCUT2D eigenvalue weighted by molar-refractivity contribution is -0.142. The van der Waals surface area contributed by atoms with E-state index in [4.69, 9.17) is 5.11 Å². The van der Waals surface area contributed by atoms with E-state index in [1.165, 1.54) is 4.90 Å². The van der Waals surface area contributed by atoms with Crippen molar-refractivity contribution < 1.29 is 19.5 Å². The van der Waals surface area contributed by atoms with Gasteiger partial charge in [0.15, 0.2) is 0 Å². The van der Waals surface area contributed by atoms with Crippen LogP contribution in [0.3, 0.4) is 0 Å². The molecule has 3 rings (SSSR count). The Balaban J connectivity index is 1.78. The van der Waals surface area contributed by atoms with Crippen LogP contribution in [0, 0.1) is 23.7 Å². The van der Waals surface area contributed by atoms with E-state index < -0.39 is 5.97 Å². The Bertz CT molecular complexity index is 377. The van der Waals surface area contributed by atoms with Crippen LogP contribution in [0.25, 0.3) is 0 Å². The van der Waals surface area contributed by atoms with Crippen LogP contribution >= 0.6 is 0 Å². The second kappa shape index (κ2) is 3.55. The Morgan fingerprint density at radius 3 is 2.18 bits per heavy atom.